The fraction of sp³-hybridized carbons (Fsp3) is 0.391. The van der Waals surface area contributed by atoms with Crippen LogP contribution in [0.4, 0.5) is 11.5 Å². The van der Waals surface area contributed by atoms with Gasteiger partial charge in [0.1, 0.15) is 23.1 Å². The van der Waals surface area contributed by atoms with Crippen LogP contribution in [0.5, 0.6) is 11.5 Å². The van der Waals surface area contributed by atoms with Crippen LogP contribution in [0.2, 0.25) is 0 Å². The van der Waals surface area contributed by atoms with Crippen LogP contribution in [-0.4, -0.2) is 50.4 Å². The number of aromatic nitrogens is 2. The first-order valence-electron chi connectivity index (χ1n) is 10.4. The average Bonchev–Trinajstić information content (AvgIpc) is 3.63. The van der Waals surface area contributed by atoms with E-state index in [2.05, 4.69) is 50.0 Å². The van der Waals surface area contributed by atoms with Crippen molar-refractivity contribution in [3.63, 3.8) is 0 Å². The molecule has 3 aromatic rings. The maximum Gasteiger partial charge on any atom is 0.142 e. The van der Waals surface area contributed by atoms with Crippen molar-refractivity contribution in [2.75, 3.05) is 50.2 Å². The van der Waals surface area contributed by atoms with Crippen LogP contribution in [0.25, 0.3) is 10.9 Å². The van der Waals surface area contributed by atoms with E-state index >= 15 is 0 Å². The molecule has 0 spiro atoms. The van der Waals surface area contributed by atoms with Crippen LogP contribution < -0.4 is 19.3 Å². The number of fused-ring (bicyclic) bond motifs is 1. The first-order chi connectivity index (χ1) is 14.7. The second-order valence-corrected chi connectivity index (χ2v) is 8.77. The van der Waals surface area contributed by atoms with Gasteiger partial charge in [0, 0.05) is 48.0 Å². The summed E-state index contributed by atoms with van der Waals surface area (Å²) < 4.78 is 12.1. The van der Waals surface area contributed by atoms with Crippen molar-refractivity contribution in [2.24, 2.45) is 0 Å². The highest BCUT2D eigenvalue weighted by Crippen LogP contribution is 2.40. The zero-order valence-electron chi connectivity index (χ0n) is 17.3. The molecular weight excluding hydrogens is 444 g/mol. The lowest BCUT2D eigenvalue weighted by Crippen LogP contribution is -2.47. The summed E-state index contributed by atoms with van der Waals surface area (Å²) in [5, 5.41) is 1.11. The first kappa shape index (κ1) is 19.4. The molecule has 30 heavy (non-hydrogen) atoms. The maximum absolute atomic E-state index is 5.59. The standard InChI is InChI=1S/C23H25BrN4O2/c1-29-17-6-8-21(30-2)20(14-17)27-9-11-28(12-10-27)23-18-13-16(24)5-7-19(18)25-22(26-23)15-3-4-15/h5-8,13-15H,3-4,9-12H2,1-2H3. The second kappa shape index (κ2) is 7.95. The zero-order chi connectivity index (χ0) is 20.7. The summed E-state index contributed by atoms with van der Waals surface area (Å²) >= 11 is 3.61. The maximum atomic E-state index is 5.59. The molecule has 2 aromatic carbocycles. The second-order valence-electron chi connectivity index (χ2n) is 7.85. The van der Waals surface area contributed by atoms with Crippen molar-refractivity contribution in [1.82, 2.24) is 9.97 Å². The summed E-state index contributed by atoms with van der Waals surface area (Å²) in [6, 6.07) is 12.2. The molecule has 1 saturated heterocycles. The summed E-state index contributed by atoms with van der Waals surface area (Å²) in [5.41, 5.74) is 2.10. The third-order valence-corrected chi connectivity index (χ3v) is 6.40. The Morgan fingerprint density at radius 1 is 0.900 bits per heavy atom. The third kappa shape index (κ3) is 3.67. The Labute approximate surface area is 184 Å². The lowest BCUT2D eigenvalue weighted by Gasteiger charge is -2.37. The molecule has 6 nitrogen and oxygen atoms in total. The summed E-state index contributed by atoms with van der Waals surface area (Å²) in [5.74, 6) is 4.29. The quantitative estimate of drug-likeness (QED) is 0.544. The number of hydrogen-bond donors (Lipinski definition) is 0. The Bertz CT molecular complexity index is 1080. The lowest BCUT2D eigenvalue weighted by atomic mass is 10.2. The predicted octanol–water partition coefficient (Wildman–Crippen LogP) is 4.61. The molecule has 0 atom stereocenters. The molecule has 0 N–H and O–H groups in total. The largest absolute Gasteiger partial charge is 0.497 e. The SMILES string of the molecule is COc1ccc(OC)c(N2CCN(c3nc(C4CC4)nc4ccc(Br)cc34)CC2)c1. The van der Waals surface area contributed by atoms with Gasteiger partial charge < -0.3 is 19.3 Å². The molecule has 2 aliphatic rings. The van der Waals surface area contributed by atoms with Crippen molar-refractivity contribution in [3.05, 3.63) is 46.7 Å². The van der Waals surface area contributed by atoms with Crippen LogP contribution in [0.1, 0.15) is 24.6 Å². The molecule has 5 rings (SSSR count). The summed E-state index contributed by atoms with van der Waals surface area (Å²) in [6.45, 7) is 3.57. The number of rotatable bonds is 5. The van der Waals surface area contributed by atoms with E-state index in [4.69, 9.17) is 19.4 Å². The van der Waals surface area contributed by atoms with E-state index in [0.29, 0.717) is 5.92 Å². The predicted molar refractivity (Wildman–Crippen MR) is 123 cm³/mol. The van der Waals surface area contributed by atoms with E-state index < -0.39 is 0 Å². The van der Waals surface area contributed by atoms with Gasteiger partial charge in [-0.25, -0.2) is 9.97 Å². The molecule has 0 amide bonds. The van der Waals surface area contributed by atoms with Crippen molar-refractivity contribution >= 4 is 38.3 Å². The molecule has 156 valence electrons. The number of benzene rings is 2. The molecule has 2 heterocycles. The highest BCUT2D eigenvalue weighted by atomic mass is 79.9. The number of ether oxygens (including phenoxy) is 2. The number of methoxy groups -OCH3 is 2. The monoisotopic (exact) mass is 468 g/mol. The normalized spacial score (nSPS) is 16.8. The molecule has 2 fully saturated rings. The van der Waals surface area contributed by atoms with Crippen molar-refractivity contribution in [2.45, 2.75) is 18.8 Å². The van der Waals surface area contributed by atoms with Gasteiger partial charge in [-0.15, -0.1) is 0 Å². The number of halogens is 1. The molecule has 0 unspecified atom stereocenters. The Kier molecular flexibility index (Phi) is 5.15. The summed E-state index contributed by atoms with van der Waals surface area (Å²) in [4.78, 5) is 14.6. The first-order valence-corrected chi connectivity index (χ1v) is 11.1. The van der Waals surface area contributed by atoms with E-state index in [9.17, 15) is 0 Å². The van der Waals surface area contributed by atoms with Gasteiger partial charge in [-0.1, -0.05) is 15.9 Å². The molecule has 0 radical (unpaired) electrons. The van der Waals surface area contributed by atoms with Crippen molar-refractivity contribution in [1.29, 1.82) is 0 Å². The fourth-order valence-electron chi connectivity index (χ4n) is 4.07. The van der Waals surface area contributed by atoms with Gasteiger partial charge in [0.25, 0.3) is 0 Å². The van der Waals surface area contributed by atoms with Crippen molar-refractivity contribution in [3.8, 4) is 11.5 Å². The van der Waals surface area contributed by atoms with Crippen LogP contribution in [0.3, 0.4) is 0 Å². The average molecular weight is 469 g/mol. The van der Waals surface area contributed by atoms with Crippen molar-refractivity contribution < 1.29 is 9.47 Å². The molecule has 7 heteroatoms. The Morgan fingerprint density at radius 3 is 2.37 bits per heavy atom. The molecule has 0 bridgehead atoms. The van der Waals surface area contributed by atoms with Crippen LogP contribution >= 0.6 is 15.9 Å². The van der Waals surface area contributed by atoms with Gasteiger partial charge in [-0.2, -0.15) is 0 Å². The highest BCUT2D eigenvalue weighted by molar-refractivity contribution is 9.10. The number of anilines is 2. The third-order valence-electron chi connectivity index (χ3n) is 5.90. The van der Waals surface area contributed by atoms with E-state index in [1.165, 1.54) is 12.8 Å². The van der Waals surface area contributed by atoms with E-state index in [1.54, 1.807) is 14.2 Å². The Balaban J connectivity index is 1.43. The minimum atomic E-state index is 0.527. The van der Waals surface area contributed by atoms with Gasteiger partial charge in [0.15, 0.2) is 0 Å². The Morgan fingerprint density at radius 2 is 1.67 bits per heavy atom. The molecule has 1 aliphatic heterocycles. The van der Waals surface area contributed by atoms with Crippen LogP contribution in [0, 0.1) is 0 Å². The molecule has 1 aliphatic carbocycles. The van der Waals surface area contributed by atoms with Gasteiger partial charge in [-0.3, -0.25) is 0 Å². The zero-order valence-corrected chi connectivity index (χ0v) is 18.9. The van der Waals surface area contributed by atoms with Gasteiger partial charge in [-0.05, 0) is 43.2 Å². The van der Waals surface area contributed by atoms with Gasteiger partial charge in [0.05, 0.1) is 25.4 Å². The number of hydrogen-bond acceptors (Lipinski definition) is 6. The Hall–Kier alpha value is -2.54. The summed E-state index contributed by atoms with van der Waals surface area (Å²) in [6.07, 6.45) is 2.40. The number of nitrogens with zero attached hydrogens (tertiary/aromatic N) is 4. The molecular formula is C23H25BrN4O2. The van der Waals surface area contributed by atoms with E-state index in [0.717, 1.165) is 70.4 Å². The lowest BCUT2D eigenvalue weighted by molar-refractivity contribution is 0.402. The number of piperazine rings is 1. The minimum absolute atomic E-state index is 0.527. The van der Waals surface area contributed by atoms with E-state index in [-0.39, 0.29) is 0 Å². The smallest absolute Gasteiger partial charge is 0.142 e. The van der Waals surface area contributed by atoms with Crippen LogP contribution in [0.15, 0.2) is 40.9 Å². The topological polar surface area (TPSA) is 50.7 Å². The van der Waals surface area contributed by atoms with Gasteiger partial charge >= 0.3 is 0 Å². The summed E-state index contributed by atoms with van der Waals surface area (Å²) in [7, 11) is 3.41. The van der Waals surface area contributed by atoms with E-state index in [1.807, 2.05) is 12.1 Å². The van der Waals surface area contributed by atoms with Crippen LogP contribution in [-0.2, 0) is 0 Å². The molecule has 1 aromatic heterocycles. The molecule has 1 saturated carbocycles. The van der Waals surface area contributed by atoms with Gasteiger partial charge in [0.2, 0.25) is 0 Å². The minimum Gasteiger partial charge on any atom is -0.497 e. The highest BCUT2D eigenvalue weighted by Gasteiger charge is 2.29. The fourth-order valence-corrected chi connectivity index (χ4v) is 4.43.